The molecule has 0 bridgehead atoms. The van der Waals surface area contributed by atoms with Gasteiger partial charge in [-0.3, -0.25) is 19.8 Å². The van der Waals surface area contributed by atoms with Gasteiger partial charge in [0, 0.05) is 11.6 Å². The maximum atomic E-state index is 11.8. The number of hydrogen-bond donors (Lipinski definition) is 3. The summed E-state index contributed by atoms with van der Waals surface area (Å²) in [5.41, 5.74) is 0.907. The Morgan fingerprint density at radius 3 is 2.79 bits per heavy atom. The minimum Gasteiger partial charge on any atom is -0.465 e. The molecule has 3 rings (SSSR count). The van der Waals surface area contributed by atoms with Gasteiger partial charge in [0.15, 0.2) is 0 Å². The molecule has 1 unspecified atom stereocenters. The molecule has 1 atom stereocenters. The summed E-state index contributed by atoms with van der Waals surface area (Å²) in [4.78, 5) is 36.3. The van der Waals surface area contributed by atoms with Crippen molar-refractivity contribution in [3.05, 3.63) is 33.7 Å². The molecular formula is C15H14ClN3O4S. The molecule has 9 heteroatoms. The van der Waals surface area contributed by atoms with Crippen LogP contribution in [0.15, 0.2) is 23.1 Å². The average Bonchev–Trinajstić information content (AvgIpc) is 3.12. The molecule has 0 saturated carbocycles. The topological polar surface area (TPSA) is 98.7 Å². The molecule has 2 saturated heterocycles. The van der Waals surface area contributed by atoms with E-state index in [4.69, 9.17) is 11.6 Å². The highest BCUT2D eigenvalue weighted by molar-refractivity contribution is 8.18. The van der Waals surface area contributed by atoms with Crippen molar-refractivity contribution in [1.82, 2.24) is 10.6 Å². The lowest BCUT2D eigenvalue weighted by Crippen LogP contribution is -2.41. The molecule has 3 N–H and O–H groups in total. The zero-order valence-corrected chi connectivity index (χ0v) is 14.0. The monoisotopic (exact) mass is 367 g/mol. The lowest BCUT2D eigenvalue weighted by molar-refractivity contribution is -0.115. The van der Waals surface area contributed by atoms with Crippen molar-refractivity contribution in [3.8, 4) is 0 Å². The van der Waals surface area contributed by atoms with Gasteiger partial charge in [-0.05, 0) is 48.5 Å². The molecule has 2 fully saturated rings. The Morgan fingerprint density at radius 2 is 2.21 bits per heavy atom. The van der Waals surface area contributed by atoms with Crippen molar-refractivity contribution in [2.75, 3.05) is 18.0 Å². The summed E-state index contributed by atoms with van der Waals surface area (Å²) in [5, 5.41) is 14.9. The molecule has 1 aromatic rings. The third-order valence-electron chi connectivity index (χ3n) is 3.79. The molecule has 24 heavy (non-hydrogen) atoms. The van der Waals surface area contributed by atoms with Gasteiger partial charge >= 0.3 is 6.09 Å². The number of amides is 3. The van der Waals surface area contributed by atoms with Gasteiger partial charge in [-0.25, -0.2) is 4.79 Å². The maximum Gasteiger partial charge on any atom is 0.412 e. The fourth-order valence-corrected chi connectivity index (χ4v) is 3.56. The van der Waals surface area contributed by atoms with Crippen molar-refractivity contribution >= 4 is 52.4 Å². The van der Waals surface area contributed by atoms with Crippen LogP contribution in [0.1, 0.15) is 12.0 Å². The van der Waals surface area contributed by atoms with Crippen LogP contribution in [0.4, 0.5) is 15.3 Å². The van der Waals surface area contributed by atoms with Crippen LogP contribution >= 0.6 is 23.4 Å². The van der Waals surface area contributed by atoms with Crippen molar-refractivity contribution in [3.63, 3.8) is 0 Å². The van der Waals surface area contributed by atoms with Gasteiger partial charge in [-0.2, -0.15) is 0 Å². The van der Waals surface area contributed by atoms with Crippen LogP contribution in [0.5, 0.6) is 0 Å². The molecule has 0 radical (unpaired) electrons. The largest absolute Gasteiger partial charge is 0.465 e. The van der Waals surface area contributed by atoms with Crippen LogP contribution in [0.3, 0.4) is 0 Å². The first kappa shape index (κ1) is 16.8. The lowest BCUT2D eigenvalue weighted by Gasteiger charge is -2.27. The third kappa shape index (κ3) is 3.40. The standard InChI is InChI=1S/C15H14ClN3O4S/c16-9-2-1-8(5-12-13(20)18-14(21)24-12)11(6-9)19(15(22)23)10-3-4-17-7-10/h1-2,5-6,10,17H,3-4,7H2,(H,22,23)(H,18,20,21). The van der Waals surface area contributed by atoms with Crippen LogP contribution in [0.25, 0.3) is 6.08 Å². The number of benzene rings is 1. The maximum absolute atomic E-state index is 11.8. The van der Waals surface area contributed by atoms with Crippen molar-refractivity contribution in [2.45, 2.75) is 12.5 Å². The van der Waals surface area contributed by atoms with Crippen LogP contribution in [0.2, 0.25) is 5.02 Å². The Balaban J connectivity index is 2.04. The van der Waals surface area contributed by atoms with E-state index in [2.05, 4.69) is 10.6 Å². The molecule has 0 aromatic heterocycles. The molecule has 126 valence electrons. The first-order valence-electron chi connectivity index (χ1n) is 7.23. The summed E-state index contributed by atoms with van der Waals surface area (Å²) < 4.78 is 0. The fourth-order valence-electron chi connectivity index (χ4n) is 2.73. The Bertz CT molecular complexity index is 746. The van der Waals surface area contributed by atoms with E-state index < -0.39 is 17.2 Å². The van der Waals surface area contributed by atoms with E-state index in [1.165, 1.54) is 11.0 Å². The number of carbonyl (C=O) groups excluding carboxylic acids is 2. The number of imide groups is 1. The van der Waals surface area contributed by atoms with Crippen LogP contribution in [-0.2, 0) is 4.79 Å². The summed E-state index contributed by atoms with van der Waals surface area (Å²) >= 11 is 6.83. The molecular weight excluding hydrogens is 354 g/mol. The minimum absolute atomic E-state index is 0.218. The third-order valence-corrected chi connectivity index (χ3v) is 4.83. The van der Waals surface area contributed by atoms with Gasteiger partial charge in [0.2, 0.25) is 0 Å². The first-order valence-corrected chi connectivity index (χ1v) is 8.42. The highest BCUT2D eigenvalue weighted by atomic mass is 35.5. The van der Waals surface area contributed by atoms with E-state index in [9.17, 15) is 19.5 Å². The predicted octanol–water partition coefficient (Wildman–Crippen LogP) is 2.51. The van der Waals surface area contributed by atoms with Crippen molar-refractivity contribution in [1.29, 1.82) is 0 Å². The number of anilines is 1. The average molecular weight is 368 g/mol. The molecule has 7 nitrogen and oxygen atoms in total. The molecule has 2 heterocycles. The number of hydrogen-bond acceptors (Lipinski definition) is 5. The second-order valence-electron chi connectivity index (χ2n) is 5.35. The van der Waals surface area contributed by atoms with Gasteiger partial charge in [-0.15, -0.1) is 0 Å². The smallest absolute Gasteiger partial charge is 0.412 e. The first-order chi connectivity index (χ1) is 11.5. The molecule has 0 spiro atoms. The fraction of sp³-hybridized carbons (Fsp3) is 0.267. The van der Waals surface area contributed by atoms with E-state index in [0.717, 1.165) is 18.3 Å². The lowest BCUT2D eigenvalue weighted by atomic mass is 10.1. The number of halogens is 1. The summed E-state index contributed by atoms with van der Waals surface area (Å²) in [7, 11) is 0. The van der Waals surface area contributed by atoms with Crippen molar-refractivity contribution < 1.29 is 19.5 Å². The quantitative estimate of drug-likeness (QED) is 0.710. The number of nitrogens with one attached hydrogen (secondary N) is 2. The number of carbonyl (C=O) groups is 3. The van der Waals surface area contributed by atoms with E-state index in [-0.39, 0.29) is 10.9 Å². The second kappa shape index (κ2) is 6.84. The zero-order chi connectivity index (χ0) is 17.3. The van der Waals surface area contributed by atoms with Gasteiger partial charge < -0.3 is 10.4 Å². The molecule has 2 aliphatic rings. The SMILES string of the molecule is O=C1NC(=O)C(=Cc2ccc(Cl)cc2N(C(=O)O)C2CCNC2)S1. The normalized spacial score (nSPS) is 22.0. The Labute approximate surface area is 147 Å². The molecule has 0 aliphatic carbocycles. The van der Waals surface area contributed by atoms with Gasteiger partial charge in [0.25, 0.3) is 11.1 Å². The van der Waals surface area contributed by atoms with E-state index >= 15 is 0 Å². The number of rotatable bonds is 3. The van der Waals surface area contributed by atoms with Gasteiger partial charge in [0.1, 0.15) is 0 Å². The van der Waals surface area contributed by atoms with Crippen LogP contribution in [-0.4, -0.2) is 41.5 Å². The van der Waals surface area contributed by atoms with Crippen LogP contribution in [0, 0.1) is 0 Å². The second-order valence-corrected chi connectivity index (χ2v) is 6.81. The number of thioether (sulfide) groups is 1. The Hall–Kier alpha value is -2.03. The highest BCUT2D eigenvalue weighted by Crippen LogP contribution is 2.33. The number of nitrogens with zero attached hydrogens (tertiary/aromatic N) is 1. The molecule has 3 amide bonds. The zero-order valence-electron chi connectivity index (χ0n) is 12.4. The number of carboxylic acid groups (broad SMARTS) is 1. The van der Waals surface area contributed by atoms with E-state index in [1.54, 1.807) is 18.2 Å². The predicted molar refractivity (Wildman–Crippen MR) is 92.3 cm³/mol. The summed E-state index contributed by atoms with van der Waals surface area (Å²) in [6.45, 7) is 1.28. The van der Waals surface area contributed by atoms with E-state index in [0.29, 0.717) is 29.2 Å². The summed E-state index contributed by atoms with van der Waals surface area (Å²) in [5.74, 6) is -0.490. The van der Waals surface area contributed by atoms with E-state index in [1.807, 2.05) is 0 Å². The molecule has 2 aliphatic heterocycles. The summed E-state index contributed by atoms with van der Waals surface area (Å²) in [6, 6.07) is 4.59. The van der Waals surface area contributed by atoms with Crippen LogP contribution < -0.4 is 15.5 Å². The Kier molecular flexibility index (Phi) is 4.79. The minimum atomic E-state index is -1.09. The summed E-state index contributed by atoms with van der Waals surface area (Å²) in [6.07, 6.45) is 1.10. The van der Waals surface area contributed by atoms with Gasteiger partial charge in [-0.1, -0.05) is 17.7 Å². The highest BCUT2D eigenvalue weighted by Gasteiger charge is 2.30. The van der Waals surface area contributed by atoms with Crippen molar-refractivity contribution in [2.24, 2.45) is 0 Å². The Morgan fingerprint density at radius 1 is 1.42 bits per heavy atom. The van der Waals surface area contributed by atoms with Gasteiger partial charge in [0.05, 0.1) is 16.6 Å². The molecule has 1 aromatic carbocycles.